The van der Waals surface area contributed by atoms with E-state index in [0.29, 0.717) is 0 Å². The average Bonchev–Trinajstić information content (AvgIpc) is 2.47. The minimum absolute atomic E-state index is 0.0204. The minimum atomic E-state index is -0.356. The molecule has 0 saturated heterocycles. The van der Waals surface area contributed by atoms with Gasteiger partial charge in [0.2, 0.25) is 0 Å². The molecule has 0 aromatic heterocycles. The van der Waals surface area contributed by atoms with Crippen molar-refractivity contribution in [1.82, 2.24) is 0 Å². The molecule has 1 aromatic rings. The molecule has 1 rings (SSSR count). The third-order valence-corrected chi connectivity index (χ3v) is 3.94. The molecule has 4 heteroatoms. The summed E-state index contributed by atoms with van der Waals surface area (Å²) in [6.45, 7) is 4.23. The zero-order valence-corrected chi connectivity index (χ0v) is 13.5. The normalized spacial score (nSPS) is 11.9. The highest BCUT2D eigenvalue weighted by Crippen LogP contribution is 2.18. The van der Waals surface area contributed by atoms with Crippen LogP contribution >= 0.6 is 11.8 Å². The summed E-state index contributed by atoms with van der Waals surface area (Å²) in [7, 11) is 0. The number of benzene rings is 1. The van der Waals surface area contributed by atoms with Gasteiger partial charge in [0.25, 0.3) is 0 Å². The Kier molecular flexibility index (Phi) is 8.19. The van der Waals surface area contributed by atoms with Gasteiger partial charge in [-0.05, 0) is 49.8 Å². The van der Waals surface area contributed by atoms with Gasteiger partial charge in [-0.25, -0.2) is 4.79 Å². The van der Waals surface area contributed by atoms with E-state index in [1.165, 1.54) is 17.7 Å². The van der Waals surface area contributed by atoms with E-state index in [9.17, 15) is 4.79 Å². The van der Waals surface area contributed by atoms with Crippen LogP contribution in [0.5, 0.6) is 0 Å². The summed E-state index contributed by atoms with van der Waals surface area (Å²) in [5, 5.41) is 2.78. The Morgan fingerprint density at radius 1 is 1.25 bits per heavy atom. The summed E-state index contributed by atoms with van der Waals surface area (Å²) in [6.07, 6.45) is 6.99. The SMILES string of the molecule is CCCCCC(CC)OC(=O)Nc1ccc(SC)cc1. The third kappa shape index (κ3) is 6.33. The Labute approximate surface area is 126 Å². The summed E-state index contributed by atoms with van der Waals surface area (Å²) in [5.74, 6) is 0. The lowest BCUT2D eigenvalue weighted by atomic mass is 10.1. The lowest BCUT2D eigenvalue weighted by molar-refractivity contribution is 0.101. The van der Waals surface area contributed by atoms with Gasteiger partial charge >= 0.3 is 6.09 Å². The molecule has 20 heavy (non-hydrogen) atoms. The molecule has 112 valence electrons. The fraction of sp³-hybridized carbons (Fsp3) is 0.562. The molecular weight excluding hydrogens is 270 g/mol. The molecule has 0 aliphatic rings. The zero-order valence-electron chi connectivity index (χ0n) is 12.6. The van der Waals surface area contributed by atoms with Gasteiger partial charge < -0.3 is 4.74 Å². The van der Waals surface area contributed by atoms with Gasteiger partial charge in [-0.1, -0.05) is 26.7 Å². The third-order valence-electron chi connectivity index (χ3n) is 3.20. The number of amides is 1. The van der Waals surface area contributed by atoms with Crippen LogP contribution in [0.2, 0.25) is 0 Å². The first-order valence-electron chi connectivity index (χ1n) is 7.31. The fourth-order valence-electron chi connectivity index (χ4n) is 1.94. The van der Waals surface area contributed by atoms with Gasteiger partial charge in [0, 0.05) is 10.6 Å². The van der Waals surface area contributed by atoms with Gasteiger partial charge in [-0.2, -0.15) is 0 Å². The highest BCUT2D eigenvalue weighted by Gasteiger charge is 2.12. The Hall–Kier alpha value is -1.16. The van der Waals surface area contributed by atoms with E-state index >= 15 is 0 Å². The number of ether oxygens (including phenoxy) is 1. The second-order valence-electron chi connectivity index (χ2n) is 4.78. The number of unbranched alkanes of at least 4 members (excludes halogenated alkanes) is 2. The molecule has 1 unspecified atom stereocenters. The highest BCUT2D eigenvalue weighted by atomic mass is 32.2. The van der Waals surface area contributed by atoms with Gasteiger partial charge in [0.1, 0.15) is 6.10 Å². The van der Waals surface area contributed by atoms with E-state index in [0.717, 1.165) is 24.9 Å². The van der Waals surface area contributed by atoms with Crippen LogP contribution in [0.25, 0.3) is 0 Å². The van der Waals surface area contributed by atoms with Gasteiger partial charge in [0.05, 0.1) is 0 Å². The standard InChI is InChI=1S/C16H25NO2S/c1-4-6-7-8-14(5-2)19-16(18)17-13-9-11-15(20-3)12-10-13/h9-12,14H,4-8H2,1-3H3,(H,17,18). The molecule has 0 fully saturated rings. The maximum Gasteiger partial charge on any atom is 0.411 e. The number of hydrogen-bond acceptors (Lipinski definition) is 3. The number of hydrogen-bond donors (Lipinski definition) is 1. The van der Waals surface area contributed by atoms with Gasteiger partial charge in [-0.3, -0.25) is 5.32 Å². The van der Waals surface area contributed by atoms with Crippen LogP contribution < -0.4 is 5.32 Å². The van der Waals surface area contributed by atoms with Crippen molar-refractivity contribution in [3.63, 3.8) is 0 Å². The van der Waals surface area contributed by atoms with Crippen LogP contribution in [0.15, 0.2) is 29.2 Å². The molecule has 1 aromatic carbocycles. The Morgan fingerprint density at radius 2 is 1.95 bits per heavy atom. The second kappa shape index (κ2) is 9.70. The Balaban J connectivity index is 2.40. The molecule has 1 atom stereocenters. The minimum Gasteiger partial charge on any atom is -0.446 e. The van der Waals surface area contributed by atoms with Crippen LogP contribution in [0.4, 0.5) is 10.5 Å². The van der Waals surface area contributed by atoms with E-state index in [4.69, 9.17) is 4.74 Å². The molecule has 0 aliphatic carbocycles. The van der Waals surface area contributed by atoms with Gasteiger partial charge in [-0.15, -0.1) is 11.8 Å². The number of nitrogens with one attached hydrogen (secondary N) is 1. The molecular formula is C16H25NO2S. The summed E-state index contributed by atoms with van der Waals surface area (Å²) in [5.41, 5.74) is 0.774. The van der Waals surface area contributed by atoms with Crippen molar-refractivity contribution in [2.45, 2.75) is 57.0 Å². The number of thioether (sulfide) groups is 1. The van der Waals surface area contributed by atoms with Gasteiger partial charge in [0.15, 0.2) is 0 Å². The number of anilines is 1. The molecule has 0 spiro atoms. The van der Waals surface area contributed by atoms with E-state index in [2.05, 4.69) is 19.2 Å². The van der Waals surface area contributed by atoms with Crippen molar-refractivity contribution in [1.29, 1.82) is 0 Å². The average molecular weight is 295 g/mol. The predicted molar refractivity (Wildman–Crippen MR) is 86.5 cm³/mol. The molecule has 0 saturated carbocycles. The van der Waals surface area contributed by atoms with Crippen molar-refractivity contribution in [2.75, 3.05) is 11.6 Å². The maximum absolute atomic E-state index is 11.8. The fourth-order valence-corrected chi connectivity index (χ4v) is 2.35. The van der Waals surface area contributed by atoms with Crippen LogP contribution in [-0.2, 0) is 4.74 Å². The molecule has 0 bridgehead atoms. The first-order chi connectivity index (χ1) is 9.69. The molecule has 1 amide bonds. The highest BCUT2D eigenvalue weighted by molar-refractivity contribution is 7.98. The Morgan fingerprint density at radius 3 is 2.50 bits per heavy atom. The van der Waals surface area contributed by atoms with Crippen LogP contribution in [0, 0.1) is 0 Å². The van der Waals surface area contributed by atoms with Crippen molar-refractivity contribution in [3.8, 4) is 0 Å². The smallest absolute Gasteiger partial charge is 0.411 e. The van der Waals surface area contributed by atoms with Crippen LogP contribution in [-0.4, -0.2) is 18.5 Å². The Bertz CT molecular complexity index is 392. The first kappa shape index (κ1) is 16.9. The molecule has 0 aliphatic heterocycles. The van der Waals surface area contributed by atoms with E-state index in [1.54, 1.807) is 11.8 Å². The zero-order chi connectivity index (χ0) is 14.8. The predicted octanol–water partition coefficient (Wildman–Crippen LogP) is 5.32. The largest absolute Gasteiger partial charge is 0.446 e. The summed E-state index contributed by atoms with van der Waals surface area (Å²) < 4.78 is 5.45. The lowest BCUT2D eigenvalue weighted by Crippen LogP contribution is -2.22. The van der Waals surface area contributed by atoms with Crippen molar-refractivity contribution in [3.05, 3.63) is 24.3 Å². The number of rotatable bonds is 8. The van der Waals surface area contributed by atoms with Crippen LogP contribution in [0.3, 0.4) is 0 Å². The molecule has 3 nitrogen and oxygen atoms in total. The van der Waals surface area contributed by atoms with E-state index < -0.39 is 0 Å². The van der Waals surface area contributed by atoms with Crippen LogP contribution in [0.1, 0.15) is 46.0 Å². The van der Waals surface area contributed by atoms with Crippen molar-refractivity contribution >= 4 is 23.5 Å². The lowest BCUT2D eigenvalue weighted by Gasteiger charge is -2.16. The monoisotopic (exact) mass is 295 g/mol. The first-order valence-corrected chi connectivity index (χ1v) is 8.53. The second-order valence-corrected chi connectivity index (χ2v) is 5.66. The molecule has 0 heterocycles. The summed E-state index contributed by atoms with van der Waals surface area (Å²) in [6, 6.07) is 7.76. The van der Waals surface area contributed by atoms with Crippen molar-refractivity contribution in [2.24, 2.45) is 0 Å². The van der Waals surface area contributed by atoms with Crippen molar-refractivity contribution < 1.29 is 9.53 Å². The summed E-state index contributed by atoms with van der Waals surface area (Å²) >= 11 is 1.68. The quantitative estimate of drug-likeness (QED) is 0.521. The maximum atomic E-state index is 11.8. The number of carbonyl (C=O) groups excluding carboxylic acids is 1. The topological polar surface area (TPSA) is 38.3 Å². The summed E-state index contributed by atoms with van der Waals surface area (Å²) in [4.78, 5) is 13.0. The molecule has 0 radical (unpaired) electrons. The van der Waals surface area contributed by atoms with E-state index in [1.807, 2.05) is 30.5 Å². The number of carbonyl (C=O) groups is 1. The molecule has 1 N–H and O–H groups in total. The van der Waals surface area contributed by atoms with E-state index in [-0.39, 0.29) is 12.2 Å².